The maximum atomic E-state index is 4.04. The van der Waals surface area contributed by atoms with Gasteiger partial charge in [-0.1, -0.05) is 6.08 Å². The maximum absolute atomic E-state index is 4.04. The summed E-state index contributed by atoms with van der Waals surface area (Å²) in [5.74, 6) is 0. The van der Waals surface area contributed by atoms with Crippen molar-refractivity contribution >= 4 is 6.21 Å². The smallest absolute Gasteiger partial charge is 0.0273 e. The summed E-state index contributed by atoms with van der Waals surface area (Å²) in [5, 5.41) is 3.50. The van der Waals surface area contributed by atoms with Crippen LogP contribution >= 0.6 is 0 Å². The van der Waals surface area contributed by atoms with Crippen molar-refractivity contribution in [3.8, 4) is 0 Å². The molecule has 2 nitrogen and oxygen atoms in total. The summed E-state index contributed by atoms with van der Waals surface area (Å²) >= 11 is 0. The Morgan fingerprint density at radius 3 is 3.00 bits per heavy atom. The highest BCUT2D eigenvalue weighted by Gasteiger charge is 2.29. The van der Waals surface area contributed by atoms with Crippen LogP contribution in [0.25, 0.3) is 0 Å². The summed E-state index contributed by atoms with van der Waals surface area (Å²) < 4.78 is 0. The van der Waals surface area contributed by atoms with Crippen molar-refractivity contribution < 1.29 is 0 Å². The molecule has 1 atom stereocenters. The van der Waals surface area contributed by atoms with Crippen molar-refractivity contribution in [2.45, 2.75) is 32.1 Å². The van der Waals surface area contributed by atoms with Crippen LogP contribution in [0.2, 0.25) is 0 Å². The lowest BCUT2D eigenvalue weighted by Gasteiger charge is -2.37. The van der Waals surface area contributed by atoms with E-state index in [1.54, 1.807) is 0 Å². The predicted molar refractivity (Wildman–Crippen MR) is 63.0 cm³/mol. The van der Waals surface area contributed by atoms with Crippen LogP contribution in [0.4, 0.5) is 0 Å². The molecule has 1 aliphatic heterocycles. The molecular formula is C12H22N2. The molecule has 1 rings (SSSR count). The largest absolute Gasteiger partial charge is 0.316 e. The number of aliphatic imine (C=N–C) groups is 1. The average molecular weight is 194 g/mol. The second-order valence-electron chi connectivity index (χ2n) is 4.25. The fraction of sp³-hybridized carbons (Fsp3) is 0.750. The molecule has 1 N–H and O–H groups in total. The first-order chi connectivity index (χ1) is 6.83. The average Bonchev–Trinajstić information content (AvgIpc) is 2.20. The summed E-state index contributed by atoms with van der Waals surface area (Å²) in [7, 11) is 1.85. The van der Waals surface area contributed by atoms with Crippen molar-refractivity contribution in [2.75, 3.05) is 20.1 Å². The third kappa shape index (κ3) is 3.26. The zero-order chi connectivity index (χ0) is 10.3. The molecule has 14 heavy (non-hydrogen) atoms. The number of piperidine rings is 1. The maximum Gasteiger partial charge on any atom is 0.0273 e. The fourth-order valence-electron chi connectivity index (χ4n) is 2.33. The highest BCUT2D eigenvalue weighted by Crippen LogP contribution is 2.35. The van der Waals surface area contributed by atoms with Gasteiger partial charge in [0.25, 0.3) is 0 Å². The van der Waals surface area contributed by atoms with Gasteiger partial charge in [-0.3, -0.25) is 0 Å². The Balaban J connectivity index is 2.46. The molecule has 0 unspecified atom stereocenters. The van der Waals surface area contributed by atoms with E-state index in [0.29, 0.717) is 5.41 Å². The van der Waals surface area contributed by atoms with Gasteiger partial charge in [0.05, 0.1) is 0 Å². The van der Waals surface area contributed by atoms with Crippen molar-refractivity contribution in [3.05, 3.63) is 12.7 Å². The Hall–Kier alpha value is -0.630. The lowest BCUT2D eigenvalue weighted by atomic mass is 9.74. The molecule has 0 amide bonds. The van der Waals surface area contributed by atoms with Crippen molar-refractivity contribution in [1.29, 1.82) is 0 Å². The monoisotopic (exact) mass is 194 g/mol. The molecule has 0 aromatic heterocycles. The predicted octanol–water partition coefficient (Wildman–Crippen LogP) is 2.41. The Morgan fingerprint density at radius 1 is 1.57 bits per heavy atom. The molecule has 1 heterocycles. The molecule has 0 aromatic carbocycles. The van der Waals surface area contributed by atoms with E-state index in [1.165, 1.54) is 25.8 Å². The van der Waals surface area contributed by atoms with Gasteiger partial charge in [-0.05, 0) is 50.3 Å². The quantitative estimate of drug-likeness (QED) is 0.527. The molecule has 0 spiro atoms. The lowest BCUT2D eigenvalue weighted by molar-refractivity contribution is 0.198. The van der Waals surface area contributed by atoms with Crippen molar-refractivity contribution in [3.63, 3.8) is 0 Å². The molecule has 0 aliphatic carbocycles. The number of nitrogens with zero attached hydrogens (tertiary/aromatic N) is 1. The molecule has 0 radical (unpaired) electrons. The minimum absolute atomic E-state index is 0.460. The second kappa shape index (κ2) is 5.97. The summed E-state index contributed by atoms with van der Waals surface area (Å²) in [5.41, 5.74) is 0.460. The lowest BCUT2D eigenvalue weighted by Crippen LogP contribution is -2.39. The van der Waals surface area contributed by atoms with Crippen LogP contribution in [0.3, 0.4) is 0 Å². The zero-order valence-electron chi connectivity index (χ0n) is 9.26. The highest BCUT2D eigenvalue weighted by atomic mass is 14.9. The van der Waals surface area contributed by atoms with E-state index in [0.717, 1.165) is 19.4 Å². The van der Waals surface area contributed by atoms with Crippen molar-refractivity contribution in [2.24, 2.45) is 10.4 Å². The van der Waals surface area contributed by atoms with Gasteiger partial charge in [0, 0.05) is 13.6 Å². The van der Waals surface area contributed by atoms with Crippen molar-refractivity contribution in [1.82, 2.24) is 5.32 Å². The summed E-state index contributed by atoms with van der Waals surface area (Å²) in [4.78, 5) is 4.04. The van der Waals surface area contributed by atoms with Crippen LogP contribution < -0.4 is 5.32 Å². The van der Waals surface area contributed by atoms with E-state index in [2.05, 4.69) is 23.0 Å². The fourth-order valence-corrected chi connectivity index (χ4v) is 2.33. The highest BCUT2D eigenvalue weighted by molar-refractivity contribution is 5.56. The van der Waals surface area contributed by atoms with Crippen LogP contribution in [-0.4, -0.2) is 26.4 Å². The Morgan fingerprint density at radius 2 is 2.43 bits per heavy atom. The Kier molecular flexibility index (Phi) is 4.88. The van der Waals surface area contributed by atoms with Gasteiger partial charge < -0.3 is 10.3 Å². The number of hydrogen-bond donors (Lipinski definition) is 1. The first-order valence-electron chi connectivity index (χ1n) is 5.55. The number of rotatable bonds is 5. The van der Waals surface area contributed by atoms with Crippen LogP contribution in [0.15, 0.2) is 17.6 Å². The van der Waals surface area contributed by atoms with Gasteiger partial charge in [0.2, 0.25) is 0 Å². The minimum Gasteiger partial charge on any atom is -0.316 e. The Labute approximate surface area is 87.5 Å². The van der Waals surface area contributed by atoms with E-state index in [4.69, 9.17) is 0 Å². The first kappa shape index (κ1) is 11.4. The summed E-state index contributed by atoms with van der Waals surface area (Å²) in [6.45, 7) is 6.20. The van der Waals surface area contributed by atoms with Crippen LogP contribution in [-0.2, 0) is 0 Å². The number of nitrogens with one attached hydrogen (secondary N) is 1. The molecule has 0 aromatic rings. The van der Waals surface area contributed by atoms with Gasteiger partial charge in [0.1, 0.15) is 0 Å². The summed E-state index contributed by atoms with van der Waals surface area (Å²) in [6, 6.07) is 0. The third-order valence-corrected chi connectivity index (χ3v) is 3.12. The van der Waals surface area contributed by atoms with Gasteiger partial charge in [-0.2, -0.15) is 0 Å². The zero-order valence-corrected chi connectivity index (χ0v) is 9.26. The minimum atomic E-state index is 0.460. The molecule has 0 saturated carbocycles. The first-order valence-corrected chi connectivity index (χ1v) is 5.55. The normalized spacial score (nSPS) is 28.1. The standard InChI is InChI=1S/C12H22N2/c1-3-6-12(7-4-9-13-2)8-5-10-14-11-12/h3,9,14H,1,4-8,10-11H2,2H3/b13-9+/t12-/m0/s1. The van der Waals surface area contributed by atoms with Gasteiger partial charge in [-0.25, -0.2) is 0 Å². The van der Waals surface area contributed by atoms with Gasteiger partial charge in [-0.15, -0.1) is 6.58 Å². The Bertz CT molecular complexity index is 190. The van der Waals surface area contributed by atoms with E-state index in [-0.39, 0.29) is 0 Å². The number of allylic oxidation sites excluding steroid dienone is 1. The molecular weight excluding hydrogens is 172 g/mol. The molecule has 2 heteroatoms. The second-order valence-corrected chi connectivity index (χ2v) is 4.25. The molecule has 80 valence electrons. The molecule has 1 saturated heterocycles. The molecule has 0 bridgehead atoms. The third-order valence-electron chi connectivity index (χ3n) is 3.12. The van der Waals surface area contributed by atoms with E-state index in [9.17, 15) is 0 Å². The number of hydrogen-bond acceptors (Lipinski definition) is 2. The van der Waals surface area contributed by atoms with Crippen LogP contribution in [0.1, 0.15) is 32.1 Å². The van der Waals surface area contributed by atoms with E-state index in [1.807, 2.05) is 13.3 Å². The van der Waals surface area contributed by atoms with Crippen LogP contribution in [0, 0.1) is 5.41 Å². The SMILES string of the molecule is C=CC[C@]1(CC/C=N/C)CCCNC1. The topological polar surface area (TPSA) is 24.4 Å². The van der Waals surface area contributed by atoms with E-state index >= 15 is 0 Å². The summed E-state index contributed by atoms with van der Waals surface area (Å²) in [6.07, 6.45) is 10.2. The van der Waals surface area contributed by atoms with Gasteiger partial charge >= 0.3 is 0 Å². The van der Waals surface area contributed by atoms with Crippen LogP contribution in [0.5, 0.6) is 0 Å². The molecule has 1 aliphatic rings. The molecule has 1 fully saturated rings. The van der Waals surface area contributed by atoms with E-state index < -0.39 is 0 Å². The van der Waals surface area contributed by atoms with Gasteiger partial charge in [0.15, 0.2) is 0 Å².